The number of benzene rings is 1. The Kier molecular flexibility index (Phi) is 4.37. The van der Waals surface area contributed by atoms with Gasteiger partial charge in [0.1, 0.15) is 5.82 Å². The number of hydrogen-bond acceptors (Lipinski definition) is 3. The van der Waals surface area contributed by atoms with Crippen molar-refractivity contribution in [3.05, 3.63) is 29.6 Å². The van der Waals surface area contributed by atoms with Crippen LogP contribution in [0.5, 0.6) is 0 Å². The van der Waals surface area contributed by atoms with Gasteiger partial charge in [0.25, 0.3) is 5.91 Å². The number of aliphatic hydroxyl groups is 1. The van der Waals surface area contributed by atoms with Gasteiger partial charge in [0, 0.05) is 25.2 Å². The van der Waals surface area contributed by atoms with Crippen molar-refractivity contribution >= 4 is 11.6 Å². The lowest BCUT2D eigenvalue weighted by atomic mass is 10.1. The first kappa shape index (κ1) is 13.8. The van der Waals surface area contributed by atoms with Crippen molar-refractivity contribution in [3.8, 4) is 0 Å². The molecule has 1 amide bonds. The summed E-state index contributed by atoms with van der Waals surface area (Å²) in [6.45, 7) is 3.47. The van der Waals surface area contributed by atoms with Crippen LogP contribution in [-0.4, -0.2) is 36.8 Å². The molecule has 4 nitrogen and oxygen atoms in total. The molecule has 2 N–H and O–H groups in total. The van der Waals surface area contributed by atoms with Crippen LogP contribution in [0.4, 0.5) is 10.1 Å². The molecule has 1 aromatic carbocycles. The first-order chi connectivity index (χ1) is 9.08. The number of hydrogen-bond donors (Lipinski definition) is 2. The SMILES string of the molecule is CC(O)CNC(=O)c1ccc(N2CCCC2)c(F)c1. The minimum absolute atomic E-state index is 0.161. The van der Waals surface area contributed by atoms with E-state index in [4.69, 9.17) is 5.11 Å². The topological polar surface area (TPSA) is 52.6 Å². The van der Waals surface area contributed by atoms with Gasteiger partial charge in [-0.25, -0.2) is 4.39 Å². The quantitative estimate of drug-likeness (QED) is 0.869. The van der Waals surface area contributed by atoms with Crippen LogP contribution >= 0.6 is 0 Å². The maximum atomic E-state index is 14.0. The molecule has 1 aliphatic heterocycles. The molecule has 2 rings (SSSR count). The van der Waals surface area contributed by atoms with Crippen molar-refractivity contribution in [2.75, 3.05) is 24.5 Å². The van der Waals surface area contributed by atoms with E-state index in [1.54, 1.807) is 19.1 Å². The summed E-state index contributed by atoms with van der Waals surface area (Å²) in [7, 11) is 0. The Morgan fingerprint density at radius 2 is 2.16 bits per heavy atom. The lowest BCUT2D eigenvalue weighted by molar-refractivity contribution is 0.0923. The largest absolute Gasteiger partial charge is 0.392 e. The molecular weight excluding hydrogens is 247 g/mol. The van der Waals surface area contributed by atoms with E-state index in [-0.39, 0.29) is 23.8 Å². The maximum Gasteiger partial charge on any atom is 0.251 e. The Labute approximate surface area is 112 Å². The number of rotatable bonds is 4. The van der Waals surface area contributed by atoms with Crippen molar-refractivity contribution in [1.82, 2.24) is 5.32 Å². The second kappa shape index (κ2) is 6.02. The lowest BCUT2D eigenvalue weighted by Gasteiger charge is -2.18. The molecule has 104 valence electrons. The summed E-state index contributed by atoms with van der Waals surface area (Å²) in [5.74, 6) is -0.737. The molecule has 0 radical (unpaired) electrons. The molecule has 1 saturated heterocycles. The first-order valence-corrected chi connectivity index (χ1v) is 6.58. The van der Waals surface area contributed by atoms with Crippen LogP contribution in [0, 0.1) is 5.82 Å². The highest BCUT2D eigenvalue weighted by Gasteiger charge is 2.17. The van der Waals surface area contributed by atoms with Gasteiger partial charge in [-0.3, -0.25) is 4.79 Å². The maximum absolute atomic E-state index is 14.0. The fourth-order valence-corrected chi connectivity index (χ4v) is 2.21. The monoisotopic (exact) mass is 266 g/mol. The Hall–Kier alpha value is -1.62. The third kappa shape index (κ3) is 3.44. The molecule has 0 saturated carbocycles. The van der Waals surface area contributed by atoms with Gasteiger partial charge in [-0.15, -0.1) is 0 Å². The summed E-state index contributed by atoms with van der Waals surface area (Å²) >= 11 is 0. The van der Waals surface area contributed by atoms with Crippen molar-refractivity contribution < 1.29 is 14.3 Å². The molecule has 0 aliphatic carbocycles. The van der Waals surface area contributed by atoms with Crippen LogP contribution in [0.2, 0.25) is 0 Å². The summed E-state index contributed by atoms with van der Waals surface area (Å²) in [6, 6.07) is 4.52. The Morgan fingerprint density at radius 3 is 2.74 bits per heavy atom. The molecule has 0 bridgehead atoms. The van der Waals surface area contributed by atoms with Gasteiger partial charge < -0.3 is 15.3 Å². The third-order valence-electron chi connectivity index (χ3n) is 3.21. The molecule has 1 unspecified atom stereocenters. The van der Waals surface area contributed by atoms with Gasteiger partial charge in [-0.1, -0.05) is 0 Å². The number of carbonyl (C=O) groups is 1. The first-order valence-electron chi connectivity index (χ1n) is 6.58. The molecule has 19 heavy (non-hydrogen) atoms. The van der Waals surface area contributed by atoms with Crippen molar-refractivity contribution in [2.24, 2.45) is 0 Å². The molecule has 1 aliphatic rings. The van der Waals surface area contributed by atoms with Gasteiger partial charge in [-0.2, -0.15) is 0 Å². The number of halogens is 1. The minimum atomic E-state index is -0.613. The van der Waals surface area contributed by atoms with Gasteiger partial charge in [0.15, 0.2) is 0 Å². The van der Waals surface area contributed by atoms with Crippen molar-refractivity contribution in [1.29, 1.82) is 0 Å². The highest BCUT2D eigenvalue weighted by molar-refractivity contribution is 5.94. The minimum Gasteiger partial charge on any atom is -0.392 e. The second-order valence-electron chi connectivity index (χ2n) is 4.92. The molecular formula is C14H19FN2O2. The van der Waals surface area contributed by atoms with E-state index in [9.17, 15) is 9.18 Å². The molecule has 1 fully saturated rings. The zero-order chi connectivity index (χ0) is 13.8. The summed E-state index contributed by atoms with van der Waals surface area (Å²) < 4.78 is 14.0. The van der Waals surface area contributed by atoms with Gasteiger partial charge in [0.05, 0.1) is 11.8 Å². The van der Waals surface area contributed by atoms with E-state index < -0.39 is 6.10 Å². The van der Waals surface area contributed by atoms with E-state index in [2.05, 4.69) is 5.32 Å². The van der Waals surface area contributed by atoms with Gasteiger partial charge >= 0.3 is 0 Å². The standard InChI is InChI=1S/C14H19FN2O2/c1-10(18)9-16-14(19)11-4-5-13(12(15)8-11)17-6-2-3-7-17/h4-5,8,10,18H,2-3,6-7,9H2,1H3,(H,16,19). The predicted octanol–water partition coefficient (Wildman–Crippen LogP) is 1.54. The van der Waals surface area contributed by atoms with Crippen LogP contribution < -0.4 is 10.2 Å². The Balaban J connectivity index is 2.07. The summed E-state index contributed by atoms with van der Waals surface area (Å²) in [4.78, 5) is 13.7. The number of nitrogens with zero attached hydrogens (tertiary/aromatic N) is 1. The van der Waals surface area contributed by atoms with Crippen LogP contribution in [0.25, 0.3) is 0 Å². The normalized spacial score (nSPS) is 16.5. The highest BCUT2D eigenvalue weighted by Crippen LogP contribution is 2.24. The predicted molar refractivity (Wildman–Crippen MR) is 71.9 cm³/mol. The highest BCUT2D eigenvalue weighted by atomic mass is 19.1. The van der Waals surface area contributed by atoms with Crippen molar-refractivity contribution in [3.63, 3.8) is 0 Å². The van der Waals surface area contributed by atoms with Gasteiger partial charge in [-0.05, 0) is 38.0 Å². The van der Waals surface area contributed by atoms with Crippen LogP contribution in [0.1, 0.15) is 30.1 Å². The van der Waals surface area contributed by atoms with Crippen LogP contribution in [0.3, 0.4) is 0 Å². The summed E-state index contributed by atoms with van der Waals surface area (Å²) in [6.07, 6.45) is 1.55. The Bertz CT molecular complexity index is 457. The van der Waals surface area contributed by atoms with E-state index >= 15 is 0 Å². The zero-order valence-electron chi connectivity index (χ0n) is 11.0. The molecule has 0 spiro atoms. The van der Waals surface area contributed by atoms with Gasteiger partial charge in [0.2, 0.25) is 0 Å². The second-order valence-corrected chi connectivity index (χ2v) is 4.92. The van der Waals surface area contributed by atoms with E-state index in [0.717, 1.165) is 25.9 Å². The number of amides is 1. The number of nitrogens with one attached hydrogen (secondary N) is 1. The molecule has 0 aromatic heterocycles. The average molecular weight is 266 g/mol. The van der Waals surface area contributed by atoms with Crippen LogP contribution in [0.15, 0.2) is 18.2 Å². The number of anilines is 1. The van der Waals surface area contributed by atoms with E-state index in [1.807, 2.05) is 4.90 Å². The number of aliphatic hydroxyl groups excluding tert-OH is 1. The smallest absolute Gasteiger partial charge is 0.251 e. The summed E-state index contributed by atoms with van der Waals surface area (Å²) in [5, 5.41) is 11.6. The van der Waals surface area contributed by atoms with Crippen LogP contribution in [-0.2, 0) is 0 Å². The fraction of sp³-hybridized carbons (Fsp3) is 0.500. The lowest BCUT2D eigenvalue weighted by Crippen LogP contribution is -2.30. The fourth-order valence-electron chi connectivity index (χ4n) is 2.21. The summed E-state index contributed by atoms with van der Waals surface area (Å²) in [5.41, 5.74) is 0.839. The molecule has 5 heteroatoms. The Morgan fingerprint density at radius 1 is 1.47 bits per heavy atom. The average Bonchev–Trinajstić information content (AvgIpc) is 2.89. The van der Waals surface area contributed by atoms with Crippen molar-refractivity contribution in [2.45, 2.75) is 25.9 Å². The zero-order valence-corrected chi connectivity index (χ0v) is 11.0. The molecule has 1 atom stereocenters. The molecule has 1 aromatic rings. The number of carbonyl (C=O) groups excluding carboxylic acids is 1. The van der Waals surface area contributed by atoms with E-state index in [0.29, 0.717) is 5.69 Å². The van der Waals surface area contributed by atoms with E-state index in [1.165, 1.54) is 6.07 Å². The molecule has 1 heterocycles. The third-order valence-corrected chi connectivity index (χ3v) is 3.21.